The third-order valence-electron chi connectivity index (χ3n) is 2.82. The lowest BCUT2D eigenvalue weighted by molar-refractivity contribution is -0.114. The number of amides is 1. The lowest BCUT2D eigenvalue weighted by Crippen LogP contribution is -2.05. The van der Waals surface area contributed by atoms with Gasteiger partial charge in [0.1, 0.15) is 0 Å². The molecule has 2 nitrogen and oxygen atoms in total. The van der Waals surface area contributed by atoms with Crippen molar-refractivity contribution in [2.75, 3.05) is 11.6 Å². The number of carbonyl (C=O) groups is 1. The van der Waals surface area contributed by atoms with Crippen molar-refractivity contribution >= 4 is 35.5 Å². The third-order valence-corrected chi connectivity index (χ3v) is 3.56. The predicted octanol–water partition coefficient (Wildman–Crippen LogP) is 4.54. The van der Waals surface area contributed by atoms with E-state index in [4.69, 9.17) is 0 Å². The highest BCUT2D eigenvalue weighted by atomic mass is 32.2. The third kappa shape index (κ3) is 4.28. The molecule has 102 valence electrons. The smallest absolute Gasteiger partial charge is 0.221 e. The topological polar surface area (TPSA) is 29.1 Å². The summed E-state index contributed by atoms with van der Waals surface area (Å²) in [6.45, 7) is 1.51. The van der Waals surface area contributed by atoms with Crippen molar-refractivity contribution in [1.29, 1.82) is 0 Å². The Morgan fingerprint density at radius 2 is 1.45 bits per heavy atom. The average molecular weight is 283 g/mol. The summed E-state index contributed by atoms with van der Waals surface area (Å²) >= 11 is 1.74. The molecule has 0 radical (unpaired) electrons. The lowest BCUT2D eigenvalue weighted by atomic mass is 10.1. The molecule has 0 bridgehead atoms. The number of hydrogen-bond acceptors (Lipinski definition) is 2. The summed E-state index contributed by atoms with van der Waals surface area (Å²) in [5.74, 6) is -0.0535. The van der Waals surface area contributed by atoms with Crippen LogP contribution in [0.2, 0.25) is 0 Å². The molecule has 1 amide bonds. The molecule has 0 unspecified atom stereocenters. The summed E-state index contributed by atoms with van der Waals surface area (Å²) in [4.78, 5) is 12.2. The van der Waals surface area contributed by atoms with E-state index in [-0.39, 0.29) is 5.91 Å². The summed E-state index contributed by atoms with van der Waals surface area (Å²) in [7, 11) is 0. The summed E-state index contributed by atoms with van der Waals surface area (Å²) in [5.41, 5.74) is 3.10. The van der Waals surface area contributed by atoms with Crippen molar-refractivity contribution in [3.8, 4) is 0 Å². The normalized spacial score (nSPS) is 10.7. The lowest BCUT2D eigenvalue weighted by Gasteiger charge is -2.02. The zero-order chi connectivity index (χ0) is 14.4. The Hall–Kier alpha value is -2.00. The van der Waals surface area contributed by atoms with Gasteiger partial charge in [-0.25, -0.2) is 0 Å². The molecule has 0 spiro atoms. The van der Waals surface area contributed by atoms with Crippen LogP contribution in [0.1, 0.15) is 18.1 Å². The van der Waals surface area contributed by atoms with E-state index >= 15 is 0 Å². The van der Waals surface area contributed by atoms with Crippen LogP contribution in [0, 0.1) is 0 Å². The second-order valence-corrected chi connectivity index (χ2v) is 5.29. The summed E-state index contributed by atoms with van der Waals surface area (Å²) in [6.07, 6.45) is 6.21. The number of rotatable bonds is 4. The minimum atomic E-state index is -0.0535. The molecule has 20 heavy (non-hydrogen) atoms. The minimum Gasteiger partial charge on any atom is -0.326 e. The molecule has 0 aromatic heterocycles. The monoisotopic (exact) mass is 283 g/mol. The van der Waals surface area contributed by atoms with Gasteiger partial charge in [0.25, 0.3) is 0 Å². The number of nitrogens with one attached hydrogen (secondary N) is 1. The van der Waals surface area contributed by atoms with Gasteiger partial charge in [-0.15, -0.1) is 11.8 Å². The Kier molecular flexibility index (Phi) is 5.02. The predicted molar refractivity (Wildman–Crippen MR) is 87.9 cm³/mol. The highest BCUT2D eigenvalue weighted by Crippen LogP contribution is 2.17. The number of thioether (sulfide) groups is 1. The molecular formula is C17H17NOS. The SMILES string of the molecule is CSc1ccc(/C=C/c2ccc(NC(C)=O)cc2)cc1. The molecule has 0 atom stereocenters. The fraction of sp³-hybridized carbons (Fsp3) is 0.118. The number of carbonyl (C=O) groups excluding carboxylic acids is 1. The van der Waals surface area contributed by atoms with Gasteiger partial charge in [-0.05, 0) is 41.6 Å². The number of benzene rings is 2. The molecule has 0 heterocycles. The van der Waals surface area contributed by atoms with Crippen LogP contribution < -0.4 is 5.32 Å². The fourth-order valence-electron chi connectivity index (χ4n) is 1.79. The van der Waals surface area contributed by atoms with Crippen molar-refractivity contribution in [2.45, 2.75) is 11.8 Å². The van der Waals surface area contributed by atoms with Crippen molar-refractivity contribution in [2.24, 2.45) is 0 Å². The van der Waals surface area contributed by atoms with Gasteiger partial charge in [-0.3, -0.25) is 4.79 Å². The minimum absolute atomic E-state index is 0.0535. The van der Waals surface area contributed by atoms with Crippen LogP contribution in [0.4, 0.5) is 5.69 Å². The molecule has 0 aliphatic carbocycles. The quantitative estimate of drug-likeness (QED) is 0.659. The average Bonchev–Trinajstić information content (AvgIpc) is 2.46. The molecule has 0 aliphatic heterocycles. The van der Waals surface area contributed by atoms with E-state index in [9.17, 15) is 4.79 Å². The Balaban J connectivity index is 2.04. The zero-order valence-corrected chi connectivity index (χ0v) is 12.4. The van der Waals surface area contributed by atoms with Crippen LogP contribution >= 0.6 is 11.8 Å². The first-order valence-corrected chi connectivity index (χ1v) is 7.59. The van der Waals surface area contributed by atoms with Crippen LogP contribution in [0.25, 0.3) is 12.2 Å². The molecule has 3 heteroatoms. The molecule has 0 saturated carbocycles. The Morgan fingerprint density at radius 3 is 1.90 bits per heavy atom. The first-order valence-electron chi connectivity index (χ1n) is 6.37. The Labute approximate surface area is 123 Å². The van der Waals surface area contributed by atoms with Crippen molar-refractivity contribution in [1.82, 2.24) is 0 Å². The van der Waals surface area contributed by atoms with Crippen LogP contribution in [-0.2, 0) is 4.79 Å². The maximum Gasteiger partial charge on any atom is 0.221 e. The van der Waals surface area contributed by atoms with Gasteiger partial charge in [0.05, 0.1) is 0 Å². The van der Waals surface area contributed by atoms with Crippen LogP contribution in [-0.4, -0.2) is 12.2 Å². The van der Waals surface area contributed by atoms with E-state index in [1.165, 1.54) is 17.4 Å². The van der Waals surface area contributed by atoms with Crippen molar-refractivity contribution in [3.63, 3.8) is 0 Å². The van der Waals surface area contributed by atoms with E-state index < -0.39 is 0 Å². The summed E-state index contributed by atoms with van der Waals surface area (Å²) < 4.78 is 0. The second kappa shape index (κ2) is 6.96. The molecular weight excluding hydrogens is 266 g/mol. The number of hydrogen-bond donors (Lipinski definition) is 1. The molecule has 0 aliphatic rings. The molecule has 1 N–H and O–H groups in total. The zero-order valence-electron chi connectivity index (χ0n) is 11.6. The molecule has 0 fully saturated rings. The first-order chi connectivity index (χ1) is 9.67. The van der Waals surface area contributed by atoms with E-state index in [1.54, 1.807) is 11.8 Å². The molecule has 2 aromatic rings. The van der Waals surface area contributed by atoms with Crippen molar-refractivity contribution < 1.29 is 4.79 Å². The van der Waals surface area contributed by atoms with Crippen LogP contribution in [0.15, 0.2) is 53.4 Å². The molecule has 0 saturated heterocycles. The van der Waals surface area contributed by atoms with Crippen LogP contribution in [0.5, 0.6) is 0 Å². The number of anilines is 1. The molecule has 2 rings (SSSR count). The summed E-state index contributed by atoms with van der Waals surface area (Å²) in [5, 5.41) is 2.75. The summed E-state index contributed by atoms with van der Waals surface area (Å²) in [6, 6.07) is 16.2. The van der Waals surface area contributed by atoms with Gasteiger partial charge in [0.15, 0.2) is 0 Å². The van der Waals surface area contributed by atoms with Crippen molar-refractivity contribution in [3.05, 3.63) is 59.7 Å². The van der Waals surface area contributed by atoms with Gasteiger partial charge in [0, 0.05) is 17.5 Å². The maximum absolute atomic E-state index is 10.9. The first kappa shape index (κ1) is 14.4. The second-order valence-electron chi connectivity index (χ2n) is 4.41. The highest BCUT2D eigenvalue weighted by molar-refractivity contribution is 7.98. The van der Waals surface area contributed by atoms with E-state index in [0.717, 1.165) is 11.3 Å². The maximum atomic E-state index is 10.9. The highest BCUT2D eigenvalue weighted by Gasteiger charge is 1.94. The van der Waals surface area contributed by atoms with Gasteiger partial charge in [-0.2, -0.15) is 0 Å². The van der Waals surface area contributed by atoms with E-state index in [2.05, 4.69) is 48.0 Å². The van der Waals surface area contributed by atoms with E-state index in [0.29, 0.717) is 0 Å². The Morgan fingerprint density at radius 1 is 0.950 bits per heavy atom. The fourth-order valence-corrected chi connectivity index (χ4v) is 2.20. The van der Waals surface area contributed by atoms with Gasteiger partial charge >= 0.3 is 0 Å². The standard InChI is InChI=1S/C17H17NOS/c1-13(19)18-16-9-5-14(6-10-16)3-4-15-7-11-17(20-2)12-8-15/h3-12H,1-2H3,(H,18,19)/b4-3+. The van der Waals surface area contributed by atoms with Gasteiger partial charge in [0.2, 0.25) is 5.91 Å². The molecule has 2 aromatic carbocycles. The van der Waals surface area contributed by atoms with E-state index in [1.807, 2.05) is 24.3 Å². The van der Waals surface area contributed by atoms with Crippen LogP contribution in [0.3, 0.4) is 0 Å². The van der Waals surface area contributed by atoms with Gasteiger partial charge < -0.3 is 5.32 Å². The van der Waals surface area contributed by atoms with Gasteiger partial charge in [-0.1, -0.05) is 36.4 Å². The largest absolute Gasteiger partial charge is 0.326 e. The Bertz CT molecular complexity index is 600.